The Hall–Kier alpha value is -4.50. The van der Waals surface area contributed by atoms with Crippen molar-refractivity contribution < 1.29 is 0 Å². The number of aryl methyl sites for hydroxylation is 1. The van der Waals surface area contributed by atoms with Crippen molar-refractivity contribution in [2.45, 2.75) is 6.92 Å². The van der Waals surface area contributed by atoms with Gasteiger partial charge >= 0.3 is 0 Å². The van der Waals surface area contributed by atoms with Crippen molar-refractivity contribution in [2.75, 3.05) is 0 Å². The third kappa shape index (κ3) is 2.77. The zero-order chi connectivity index (χ0) is 22.6. The molecule has 0 saturated heterocycles. The van der Waals surface area contributed by atoms with Gasteiger partial charge in [-0.25, -0.2) is 9.97 Å². The highest BCUT2D eigenvalue weighted by molar-refractivity contribution is 6.12. The van der Waals surface area contributed by atoms with Crippen LogP contribution in [0.1, 0.15) is 5.82 Å². The number of aromatic nitrogens is 3. The van der Waals surface area contributed by atoms with Gasteiger partial charge in [0, 0.05) is 32.8 Å². The van der Waals surface area contributed by atoms with Crippen LogP contribution in [0.5, 0.6) is 0 Å². The molecule has 0 aliphatic carbocycles. The standard InChI is InChI=1S/C31H21N3/c1-20-32-30(27-18-15-21-9-5-6-12-24(21)31(27)33-20)22-16-17-26-25-13-7-8-14-28(25)34(29(26)19-22)23-10-3-2-4-11-23/h2-19H,1H3. The third-order valence-corrected chi connectivity index (χ3v) is 6.66. The molecule has 160 valence electrons. The number of nitrogens with zero attached hydrogens (tertiary/aromatic N) is 3. The first-order valence-electron chi connectivity index (χ1n) is 11.5. The molecule has 0 fully saturated rings. The Morgan fingerprint density at radius 2 is 1.26 bits per heavy atom. The minimum absolute atomic E-state index is 0.780. The van der Waals surface area contributed by atoms with Gasteiger partial charge in [0.1, 0.15) is 5.82 Å². The van der Waals surface area contributed by atoms with Gasteiger partial charge in [0.2, 0.25) is 0 Å². The lowest BCUT2D eigenvalue weighted by atomic mass is 10.0. The molecule has 0 atom stereocenters. The van der Waals surface area contributed by atoms with E-state index in [2.05, 4.69) is 114 Å². The molecule has 0 radical (unpaired) electrons. The van der Waals surface area contributed by atoms with E-state index in [1.165, 1.54) is 27.2 Å². The van der Waals surface area contributed by atoms with Crippen molar-refractivity contribution in [3.63, 3.8) is 0 Å². The molecular formula is C31H21N3. The van der Waals surface area contributed by atoms with E-state index >= 15 is 0 Å². The molecule has 0 aliphatic heterocycles. The van der Waals surface area contributed by atoms with Crippen molar-refractivity contribution in [2.24, 2.45) is 0 Å². The summed E-state index contributed by atoms with van der Waals surface area (Å²) in [4.78, 5) is 9.76. The maximum Gasteiger partial charge on any atom is 0.126 e. The number of hydrogen-bond donors (Lipinski definition) is 0. The van der Waals surface area contributed by atoms with Crippen LogP contribution in [-0.2, 0) is 0 Å². The zero-order valence-corrected chi connectivity index (χ0v) is 18.7. The molecule has 34 heavy (non-hydrogen) atoms. The fraction of sp³-hybridized carbons (Fsp3) is 0.0323. The number of para-hydroxylation sites is 2. The molecule has 0 unspecified atom stereocenters. The van der Waals surface area contributed by atoms with Gasteiger partial charge in [0.05, 0.1) is 22.2 Å². The topological polar surface area (TPSA) is 30.7 Å². The van der Waals surface area contributed by atoms with Crippen molar-refractivity contribution in [3.05, 3.63) is 115 Å². The summed E-state index contributed by atoms with van der Waals surface area (Å²) >= 11 is 0. The highest BCUT2D eigenvalue weighted by Gasteiger charge is 2.16. The quantitative estimate of drug-likeness (QED) is 0.259. The molecule has 0 spiro atoms. The molecule has 0 bridgehead atoms. The van der Waals surface area contributed by atoms with Gasteiger partial charge in [-0.3, -0.25) is 0 Å². The second-order valence-electron chi connectivity index (χ2n) is 8.72. The molecule has 0 saturated carbocycles. The van der Waals surface area contributed by atoms with E-state index in [9.17, 15) is 0 Å². The Morgan fingerprint density at radius 3 is 2.15 bits per heavy atom. The Balaban J connectivity index is 1.57. The number of benzene rings is 5. The molecular weight excluding hydrogens is 414 g/mol. The van der Waals surface area contributed by atoms with Gasteiger partial charge in [0.25, 0.3) is 0 Å². The van der Waals surface area contributed by atoms with Gasteiger partial charge in [0.15, 0.2) is 0 Å². The van der Waals surface area contributed by atoms with Crippen LogP contribution >= 0.6 is 0 Å². The number of hydrogen-bond acceptors (Lipinski definition) is 2. The Morgan fingerprint density at radius 1 is 0.559 bits per heavy atom. The Bertz CT molecular complexity index is 1860. The van der Waals surface area contributed by atoms with Crippen molar-refractivity contribution >= 4 is 43.5 Å². The molecule has 2 aromatic heterocycles. The monoisotopic (exact) mass is 435 g/mol. The van der Waals surface area contributed by atoms with Crippen LogP contribution in [-0.4, -0.2) is 14.5 Å². The lowest BCUT2D eigenvalue weighted by molar-refractivity contribution is 1.10. The van der Waals surface area contributed by atoms with E-state index in [4.69, 9.17) is 9.97 Å². The van der Waals surface area contributed by atoms with Gasteiger partial charge in [-0.1, -0.05) is 78.9 Å². The van der Waals surface area contributed by atoms with E-state index in [0.717, 1.165) is 39.1 Å². The zero-order valence-electron chi connectivity index (χ0n) is 18.7. The number of fused-ring (bicyclic) bond motifs is 6. The normalized spacial score (nSPS) is 11.7. The summed E-state index contributed by atoms with van der Waals surface area (Å²) in [5, 5.41) is 5.92. The smallest absolute Gasteiger partial charge is 0.126 e. The van der Waals surface area contributed by atoms with Crippen molar-refractivity contribution in [1.82, 2.24) is 14.5 Å². The van der Waals surface area contributed by atoms with Crippen LogP contribution in [0, 0.1) is 6.92 Å². The molecule has 0 N–H and O–H groups in total. The van der Waals surface area contributed by atoms with E-state index in [1.54, 1.807) is 0 Å². The Labute approximate surface area is 196 Å². The van der Waals surface area contributed by atoms with Gasteiger partial charge in [-0.2, -0.15) is 0 Å². The SMILES string of the molecule is Cc1nc(-c2ccc3c4ccccc4n(-c4ccccc4)c3c2)c2ccc3ccccc3c2n1. The fourth-order valence-electron chi connectivity index (χ4n) is 5.17. The maximum absolute atomic E-state index is 4.92. The molecule has 0 amide bonds. The summed E-state index contributed by atoms with van der Waals surface area (Å²) in [6.07, 6.45) is 0. The van der Waals surface area contributed by atoms with Crippen LogP contribution < -0.4 is 0 Å². The molecule has 5 aromatic carbocycles. The largest absolute Gasteiger partial charge is 0.309 e. The van der Waals surface area contributed by atoms with E-state index in [-0.39, 0.29) is 0 Å². The molecule has 2 heterocycles. The summed E-state index contributed by atoms with van der Waals surface area (Å²) in [7, 11) is 0. The minimum atomic E-state index is 0.780. The van der Waals surface area contributed by atoms with E-state index in [0.29, 0.717) is 0 Å². The molecule has 3 nitrogen and oxygen atoms in total. The average Bonchev–Trinajstić information content (AvgIpc) is 3.22. The predicted molar refractivity (Wildman–Crippen MR) is 142 cm³/mol. The number of rotatable bonds is 2. The minimum Gasteiger partial charge on any atom is -0.309 e. The molecule has 0 aliphatic rings. The lowest BCUT2D eigenvalue weighted by Crippen LogP contribution is -1.96. The summed E-state index contributed by atoms with van der Waals surface area (Å²) < 4.78 is 2.35. The van der Waals surface area contributed by atoms with Crippen LogP contribution in [0.3, 0.4) is 0 Å². The predicted octanol–water partition coefficient (Wildman–Crippen LogP) is 7.86. The Kier molecular flexibility index (Phi) is 4.06. The second kappa shape index (κ2) is 7.26. The summed E-state index contributed by atoms with van der Waals surface area (Å²) in [5.41, 5.74) is 6.61. The van der Waals surface area contributed by atoms with Crippen molar-refractivity contribution in [3.8, 4) is 16.9 Å². The van der Waals surface area contributed by atoms with E-state index < -0.39 is 0 Å². The first kappa shape index (κ1) is 19.0. The highest BCUT2D eigenvalue weighted by atomic mass is 15.0. The van der Waals surface area contributed by atoms with Crippen LogP contribution in [0.4, 0.5) is 0 Å². The molecule has 3 heteroatoms. The summed E-state index contributed by atoms with van der Waals surface area (Å²) in [5.74, 6) is 0.780. The summed E-state index contributed by atoms with van der Waals surface area (Å²) in [6.45, 7) is 1.98. The van der Waals surface area contributed by atoms with Crippen LogP contribution in [0.15, 0.2) is 109 Å². The maximum atomic E-state index is 4.92. The van der Waals surface area contributed by atoms with Crippen LogP contribution in [0.2, 0.25) is 0 Å². The van der Waals surface area contributed by atoms with Crippen molar-refractivity contribution in [1.29, 1.82) is 0 Å². The first-order chi connectivity index (χ1) is 16.8. The van der Waals surface area contributed by atoms with Gasteiger partial charge < -0.3 is 4.57 Å². The second-order valence-corrected chi connectivity index (χ2v) is 8.72. The molecule has 7 aromatic rings. The summed E-state index contributed by atoms with van der Waals surface area (Å²) in [6, 6.07) is 38.6. The lowest BCUT2D eigenvalue weighted by Gasteiger charge is -2.11. The third-order valence-electron chi connectivity index (χ3n) is 6.66. The van der Waals surface area contributed by atoms with Gasteiger partial charge in [-0.05, 0) is 42.6 Å². The van der Waals surface area contributed by atoms with Crippen LogP contribution in [0.25, 0.3) is 60.4 Å². The average molecular weight is 436 g/mol. The molecule has 7 rings (SSSR count). The van der Waals surface area contributed by atoms with E-state index in [1.807, 2.05) is 6.92 Å². The fourth-order valence-corrected chi connectivity index (χ4v) is 5.17. The first-order valence-corrected chi connectivity index (χ1v) is 11.5. The van der Waals surface area contributed by atoms with Gasteiger partial charge in [-0.15, -0.1) is 0 Å². The highest BCUT2D eigenvalue weighted by Crippen LogP contribution is 2.36.